The van der Waals surface area contributed by atoms with Gasteiger partial charge in [-0.05, 0) is 65.9 Å². The van der Waals surface area contributed by atoms with E-state index in [-0.39, 0.29) is 48.3 Å². The van der Waals surface area contributed by atoms with Crippen LogP contribution in [0.25, 0.3) is 0 Å². The molecule has 0 saturated carbocycles. The van der Waals surface area contributed by atoms with Crippen molar-refractivity contribution in [3.8, 4) is 0 Å². The molecule has 0 unspecified atom stereocenters. The maximum absolute atomic E-state index is 12.9. The van der Waals surface area contributed by atoms with Crippen LogP contribution in [0.3, 0.4) is 0 Å². The molecule has 0 aliphatic carbocycles. The van der Waals surface area contributed by atoms with Gasteiger partial charge in [0.15, 0.2) is 0 Å². The van der Waals surface area contributed by atoms with Crippen LogP contribution < -0.4 is 16.0 Å². The first-order chi connectivity index (χ1) is 22.0. The van der Waals surface area contributed by atoms with Gasteiger partial charge in [-0.1, -0.05) is 37.6 Å². The molecule has 4 N–H and O–H groups in total. The van der Waals surface area contributed by atoms with Crippen molar-refractivity contribution in [3.63, 3.8) is 0 Å². The summed E-state index contributed by atoms with van der Waals surface area (Å²) in [6, 6.07) is -0.145. The number of nitrogens with one attached hydrogen (secondary N) is 3. The van der Waals surface area contributed by atoms with E-state index in [1.165, 1.54) is 13.0 Å². The lowest BCUT2D eigenvalue weighted by Crippen LogP contribution is -2.56. The number of aliphatic hydroxyl groups excluding tert-OH is 1. The van der Waals surface area contributed by atoms with Crippen LogP contribution in [-0.2, 0) is 38.1 Å². The van der Waals surface area contributed by atoms with Gasteiger partial charge in [0.05, 0.1) is 37.4 Å². The predicted octanol–water partition coefficient (Wildman–Crippen LogP) is 2.78. The fourth-order valence-corrected chi connectivity index (χ4v) is 6.01. The molecular formula is C35H55N3O9. The molecule has 0 aromatic rings. The Morgan fingerprint density at radius 2 is 1.83 bits per heavy atom. The number of allylic oxidation sites excluding steroid dienone is 2. The van der Waals surface area contributed by atoms with Gasteiger partial charge in [-0.15, -0.1) is 0 Å². The molecule has 3 heterocycles. The number of epoxide rings is 1. The van der Waals surface area contributed by atoms with Crippen LogP contribution in [0.15, 0.2) is 36.0 Å². The molecule has 264 valence electrons. The van der Waals surface area contributed by atoms with Crippen molar-refractivity contribution in [1.29, 1.82) is 0 Å². The van der Waals surface area contributed by atoms with Crippen LogP contribution >= 0.6 is 0 Å². The quantitative estimate of drug-likeness (QED) is 0.0948. The van der Waals surface area contributed by atoms with E-state index in [9.17, 15) is 24.3 Å². The number of carbonyl (C=O) groups is 4. The number of hydrogen-bond acceptors (Lipinski definition) is 9. The average molecular weight is 662 g/mol. The Hall–Kier alpha value is -3.06. The van der Waals surface area contributed by atoms with Gasteiger partial charge in [0.25, 0.3) is 0 Å². The van der Waals surface area contributed by atoms with E-state index in [2.05, 4.69) is 29.0 Å². The van der Waals surface area contributed by atoms with Gasteiger partial charge in [0.1, 0.15) is 29.5 Å². The highest BCUT2D eigenvalue weighted by Crippen LogP contribution is 2.43. The second-order valence-electron chi connectivity index (χ2n) is 13.8. The third kappa shape index (κ3) is 11.5. The Labute approximate surface area is 279 Å². The minimum atomic E-state index is -1.06. The topological polar surface area (TPSA) is 165 Å². The summed E-state index contributed by atoms with van der Waals surface area (Å²) in [6.45, 7) is 15.3. The highest BCUT2D eigenvalue weighted by atomic mass is 16.6. The van der Waals surface area contributed by atoms with E-state index < -0.39 is 41.5 Å². The first-order valence-corrected chi connectivity index (χ1v) is 16.8. The maximum Gasteiger partial charge on any atom is 0.303 e. The van der Waals surface area contributed by atoms with E-state index in [1.54, 1.807) is 32.9 Å². The second-order valence-corrected chi connectivity index (χ2v) is 13.8. The fourth-order valence-electron chi connectivity index (χ4n) is 6.01. The van der Waals surface area contributed by atoms with Crippen LogP contribution in [0.1, 0.15) is 87.5 Å². The SMILES string of the molecule is CCCNC(=O)C(C)(C)NC(=O)C[C@@H]1C[C@@]2(CO2)[C@H](O)[C@@H](/C=C/C(C)=C/C[C@@H]2O[C@H](C)[C@H](NC(=O)/C=C\[C@H](C)OC(C)=O)C[C@@H]2C)O1. The van der Waals surface area contributed by atoms with Gasteiger partial charge in [-0.2, -0.15) is 0 Å². The van der Waals surface area contributed by atoms with Crippen LogP contribution in [0.2, 0.25) is 0 Å². The van der Waals surface area contributed by atoms with Crippen molar-refractivity contribution in [2.75, 3.05) is 13.2 Å². The molecule has 0 aromatic heterocycles. The zero-order valence-corrected chi connectivity index (χ0v) is 29.2. The van der Waals surface area contributed by atoms with E-state index in [4.69, 9.17) is 18.9 Å². The van der Waals surface area contributed by atoms with Crippen molar-refractivity contribution in [3.05, 3.63) is 36.0 Å². The first-order valence-electron chi connectivity index (χ1n) is 16.8. The lowest BCUT2D eigenvalue weighted by atomic mass is 9.87. The second kappa shape index (κ2) is 16.9. The van der Waals surface area contributed by atoms with Crippen molar-refractivity contribution >= 4 is 23.7 Å². The molecule has 3 fully saturated rings. The largest absolute Gasteiger partial charge is 0.459 e. The van der Waals surface area contributed by atoms with Gasteiger partial charge in [-0.25, -0.2) is 0 Å². The summed E-state index contributed by atoms with van der Waals surface area (Å²) in [6.07, 6.45) is 8.68. The minimum Gasteiger partial charge on any atom is -0.459 e. The zero-order chi connectivity index (χ0) is 34.9. The molecule has 3 saturated heterocycles. The third-order valence-electron chi connectivity index (χ3n) is 8.89. The van der Waals surface area contributed by atoms with Crippen molar-refractivity contribution < 1.29 is 43.2 Å². The van der Waals surface area contributed by atoms with Crippen molar-refractivity contribution in [1.82, 2.24) is 16.0 Å². The summed E-state index contributed by atoms with van der Waals surface area (Å²) < 4.78 is 23.1. The third-order valence-corrected chi connectivity index (χ3v) is 8.89. The highest BCUT2D eigenvalue weighted by Gasteiger charge is 2.58. The normalized spacial score (nSPS) is 31.9. The molecule has 47 heavy (non-hydrogen) atoms. The Morgan fingerprint density at radius 3 is 2.47 bits per heavy atom. The Balaban J connectivity index is 1.52. The summed E-state index contributed by atoms with van der Waals surface area (Å²) in [5.41, 5.74) is -0.823. The highest BCUT2D eigenvalue weighted by molar-refractivity contribution is 5.90. The van der Waals surface area contributed by atoms with Crippen LogP contribution in [0.5, 0.6) is 0 Å². The van der Waals surface area contributed by atoms with Gasteiger partial charge < -0.3 is 40.0 Å². The predicted molar refractivity (Wildman–Crippen MR) is 176 cm³/mol. The van der Waals surface area contributed by atoms with Crippen molar-refractivity contribution in [2.24, 2.45) is 5.92 Å². The monoisotopic (exact) mass is 661 g/mol. The molecule has 3 rings (SSSR count). The number of hydrogen-bond donors (Lipinski definition) is 4. The standard InChI is InChI=1S/C35H55N3O9/c1-9-16-36-33(43)34(7,8)38-31(41)18-26-19-35(20-44-35)32(42)29(47-26)14-11-21(2)10-13-28-22(3)17-27(24(5)46-28)37-30(40)15-12-23(4)45-25(6)39/h10-12,14-15,22-24,26-29,32,42H,9,13,16-20H2,1-8H3,(H,36,43)(H,37,40)(H,38,41)/b14-11+,15-12-,21-10+/t22-,23-,24+,26+,27+,28-,29+,32+,35+/m0/s1. The van der Waals surface area contributed by atoms with E-state index in [0.717, 1.165) is 18.4 Å². The lowest BCUT2D eigenvalue weighted by Gasteiger charge is -2.39. The number of ether oxygens (including phenoxy) is 4. The molecule has 0 bridgehead atoms. The molecule has 3 amide bonds. The average Bonchev–Trinajstić information content (AvgIpc) is 3.75. The van der Waals surface area contributed by atoms with Crippen LogP contribution in [0, 0.1) is 5.92 Å². The van der Waals surface area contributed by atoms with Gasteiger partial charge in [-0.3, -0.25) is 19.2 Å². The molecule has 0 radical (unpaired) electrons. The first kappa shape index (κ1) is 38.4. The molecule has 1 spiro atoms. The van der Waals surface area contributed by atoms with Crippen LogP contribution in [0.4, 0.5) is 0 Å². The maximum atomic E-state index is 12.9. The number of carbonyl (C=O) groups excluding carboxylic acids is 4. The number of amides is 3. The van der Waals surface area contributed by atoms with E-state index in [0.29, 0.717) is 26.0 Å². The Bertz CT molecular complexity index is 1210. The number of esters is 1. The Morgan fingerprint density at radius 1 is 1.13 bits per heavy atom. The minimum absolute atomic E-state index is 0.0307. The van der Waals surface area contributed by atoms with Crippen molar-refractivity contribution in [2.45, 2.75) is 141 Å². The van der Waals surface area contributed by atoms with Crippen LogP contribution in [-0.4, -0.2) is 95.8 Å². The smallest absolute Gasteiger partial charge is 0.303 e. The molecule has 3 aliphatic rings. The van der Waals surface area contributed by atoms with Gasteiger partial charge >= 0.3 is 5.97 Å². The molecule has 12 heteroatoms. The lowest BCUT2D eigenvalue weighted by molar-refractivity contribution is -0.147. The summed E-state index contributed by atoms with van der Waals surface area (Å²) in [5.74, 6) is -1.02. The molecular weight excluding hydrogens is 606 g/mol. The molecule has 0 aromatic carbocycles. The van der Waals surface area contributed by atoms with Gasteiger partial charge in [0.2, 0.25) is 17.7 Å². The summed E-state index contributed by atoms with van der Waals surface area (Å²) in [7, 11) is 0. The number of aliphatic hydroxyl groups is 1. The number of rotatable bonds is 14. The van der Waals surface area contributed by atoms with E-state index in [1.807, 2.05) is 26.8 Å². The summed E-state index contributed by atoms with van der Waals surface area (Å²) in [5, 5.41) is 19.6. The fraction of sp³-hybridized carbons (Fsp3) is 0.714. The Kier molecular flexibility index (Phi) is 13.8. The molecule has 9 atom stereocenters. The molecule has 3 aliphatic heterocycles. The summed E-state index contributed by atoms with van der Waals surface area (Å²) in [4.78, 5) is 48.8. The van der Waals surface area contributed by atoms with Gasteiger partial charge in [0, 0.05) is 26.0 Å². The molecule has 12 nitrogen and oxygen atoms in total. The summed E-state index contributed by atoms with van der Waals surface area (Å²) >= 11 is 0. The zero-order valence-electron chi connectivity index (χ0n) is 29.2. The van der Waals surface area contributed by atoms with E-state index >= 15 is 0 Å².